The molecule has 1 spiro atoms. The number of hydrogen-bond acceptors (Lipinski definition) is 4. The number of sulfone groups is 1. The van der Waals surface area contributed by atoms with E-state index < -0.39 is 9.84 Å². The summed E-state index contributed by atoms with van der Waals surface area (Å²) in [5.41, 5.74) is 0.257. The van der Waals surface area contributed by atoms with Crippen molar-refractivity contribution in [2.45, 2.75) is 63.5 Å². The minimum absolute atomic E-state index is 0.257. The van der Waals surface area contributed by atoms with Crippen molar-refractivity contribution >= 4 is 9.84 Å². The van der Waals surface area contributed by atoms with Gasteiger partial charge in [-0.05, 0) is 38.0 Å². The molecule has 0 amide bonds. The first-order valence-corrected chi connectivity index (χ1v) is 10.6. The molecule has 21 heavy (non-hydrogen) atoms. The van der Waals surface area contributed by atoms with E-state index in [9.17, 15) is 8.42 Å². The molecule has 2 saturated carbocycles. The molecule has 0 aromatic carbocycles. The summed E-state index contributed by atoms with van der Waals surface area (Å²) in [6.45, 7) is 4.82. The Kier molecular flexibility index (Phi) is 4.63. The number of rotatable bonds is 6. The van der Waals surface area contributed by atoms with Crippen LogP contribution in [0, 0.1) is 5.92 Å². The maximum absolute atomic E-state index is 12.1. The zero-order valence-electron chi connectivity index (χ0n) is 13.3. The van der Waals surface area contributed by atoms with E-state index in [1.54, 1.807) is 0 Å². The molecule has 0 radical (unpaired) electrons. The van der Waals surface area contributed by atoms with E-state index in [4.69, 9.17) is 0 Å². The number of nitrogens with zero attached hydrogens (tertiary/aromatic N) is 1. The standard InChI is InChI=1S/C16H30N2O2S/c1-2-10-21(19,20)11-9-18-12-15(14-5-6-14)17-13-16(18)7-3-4-8-16/h14-15,17H,2-13H2,1H3. The molecule has 1 saturated heterocycles. The van der Waals surface area contributed by atoms with Crippen molar-refractivity contribution in [2.75, 3.05) is 31.1 Å². The van der Waals surface area contributed by atoms with E-state index in [2.05, 4.69) is 10.2 Å². The first-order valence-electron chi connectivity index (χ1n) is 8.73. The first kappa shape index (κ1) is 15.8. The Bertz CT molecular complexity index is 453. The summed E-state index contributed by atoms with van der Waals surface area (Å²) >= 11 is 0. The van der Waals surface area contributed by atoms with Gasteiger partial charge in [0.15, 0.2) is 9.84 Å². The lowest BCUT2D eigenvalue weighted by atomic mass is 9.90. The molecule has 1 N–H and O–H groups in total. The summed E-state index contributed by atoms with van der Waals surface area (Å²) < 4.78 is 24.1. The first-order chi connectivity index (χ1) is 10.0. The summed E-state index contributed by atoms with van der Waals surface area (Å²) in [4.78, 5) is 2.55. The van der Waals surface area contributed by atoms with Gasteiger partial charge in [-0.2, -0.15) is 0 Å². The van der Waals surface area contributed by atoms with Crippen LogP contribution in [0.1, 0.15) is 51.9 Å². The van der Waals surface area contributed by atoms with Gasteiger partial charge < -0.3 is 5.32 Å². The highest BCUT2D eigenvalue weighted by Gasteiger charge is 2.46. The van der Waals surface area contributed by atoms with Crippen LogP contribution in [-0.2, 0) is 9.84 Å². The molecule has 1 heterocycles. The van der Waals surface area contributed by atoms with Crippen molar-refractivity contribution < 1.29 is 8.42 Å². The topological polar surface area (TPSA) is 49.4 Å². The third-order valence-corrected chi connectivity index (χ3v) is 7.53. The van der Waals surface area contributed by atoms with Crippen molar-refractivity contribution in [1.29, 1.82) is 0 Å². The Morgan fingerprint density at radius 3 is 2.52 bits per heavy atom. The fourth-order valence-corrected chi connectivity index (χ4v) is 5.58. The summed E-state index contributed by atoms with van der Waals surface area (Å²) in [7, 11) is -2.86. The van der Waals surface area contributed by atoms with Crippen LogP contribution in [0.5, 0.6) is 0 Å². The molecule has 3 fully saturated rings. The van der Waals surface area contributed by atoms with Crippen LogP contribution in [0.4, 0.5) is 0 Å². The third kappa shape index (κ3) is 3.62. The largest absolute Gasteiger partial charge is 0.311 e. The molecule has 3 aliphatic rings. The van der Waals surface area contributed by atoms with Crippen molar-refractivity contribution in [1.82, 2.24) is 10.2 Å². The normalized spacial score (nSPS) is 30.0. The van der Waals surface area contributed by atoms with Gasteiger partial charge in [-0.3, -0.25) is 4.90 Å². The van der Waals surface area contributed by atoms with E-state index in [1.807, 2.05) is 6.92 Å². The molecule has 0 aromatic rings. The molecule has 0 bridgehead atoms. The third-order valence-electron chi connectivity index (χ3n) is 5.69. The van der Waals surface area contributed by atoms with Crippen LogP contribution in [0.2, 0.25) is 0 Å². The zero-order valence-corrected chi connectivity index (χ0v) is 14.1. The fourth-order valence-electron chi connectivity index (χ4n) is 4.26. The minimum Gasteiger partial charge on any atom is -0.311 e. The summed E-state index contributed by atoms with van der Waals surface area (Å²) in [5.74, 6) is 1.54. The smallest absolute Gasteiger partial charge is 0.151 e. The number of nitrogens with one attached hydrogen (secondary N) is 1. The maximum Gasteiger partial charge on any atom is 0.151 e. The van der Waals surface area contributed by atoms with Gasteiger partial charge in [0.25, 0.3) is 0 Å². The monoisotopic (exact) mass is 314 g/mol. The molecule has 4 nitrogen and oxygen atoms in total. The highest BCUT2D eigenvalue weighted by molar-refractivity contribution is 7.91. The molecule has 2 aliphatic carbocycles. The van der Waals surface area contributed by atoms with Gasteiger partial charge in [0, 0.05) is 37.0 Å². The van der Waals surface area contributed by atoms with Crippen molar-refractivity contribution in [2.24, 2.45) is 5.92 Å². The van der Waals surface area contributed by atoms with Gasteiger partial charge in [0.2, 0.25) is 0 Å². The maximum atomic E-state index is 12.1. The highest BCUT2D eigenvalue weighted by atomic mass is 32.2. The van der Waals surface area contributed by atoms with E-state index in [1.165, 1.54) is 38.5 Å². The lowest BCUT2D eigenvalue weighted by Gasteiger charge is -2.48. The Hall–Kier alpha value is -0.130. The second-order valence-electron chi connectivity index (χ2n) is 7.35. The van der Waals surface area contributed by atoms with E-state index in [0.717, 1.165) is 32.0 Å². The Labute approximate surface area is 129 Å². The van der Waals surface area contributed by atoms with Crippen LogP contribution >= 0.6 is 0 Å². The van der Waals surface area contributed by atoms with Crippen LogP contribution in [0.25, 0.3) is 0 Å². The van der Waals surface area contributed by atoms with Crippen LogP contribution in [0.15, 0.2) is 0 Å². The van der Waals surface area contributed by atoms with E-state index in [0.29, 0.717) is 17.5 Å². The Morgan fingerprint density at radius 1 is 1.19 bits per heavy atom. The quantitative estimate of drug-likeness (QED) is 0.812. The molecule has 3 rings (SSSR count). The van der Waals surface area contributed by atoms with Crippen molar-refractivity contribution in [3.63, 3.8) is 0 Å². The molecule has 1 aliphatic heterocycles. The van der Waals surface area contributed by atoms with Crippen molar-refractivity contribution in [3.8, 4) is 0 Å². The minimum atomic E-state index is -2.86. The van der Waals surface area contributed by atoms with Gasteiger partial charge in [0.05, 0.1) is 5.75 Å². The van der Waals surface area contributed by atoms with E-state index in [-0.39, 0.29) is 5.54 Å². The molecule has 5 heteroatoms. The zero-order chi connectivity index (χ0) is 14.9. The van der Waals surface area contributed by atoms with Crippen LogP contribution in [0.3, 0.4) is 0 Å². The number of piperazine rings is 1. The predicted octanol–water partition coefficient (Wildman–Crippen LogP) is 1.81. The predicted molar refractivity (Wildman–Crippen MR) is 86.2 cm³/mol. The Balaban J connectivity index is 1.65. The van der Waals surface area contributed by atoms with Crippen molar-refractivity contribution in [3.05, 3.63) is 0 Å². The summed E-state index contributed by atoms with van der Waals surface area (Å²) in [6, 6.07) is 0.602. The van der Waals surface area contributed by atoms with Gasteiger partial charge in [-0.1, -0.05) is 19.8 Å². The van der Waals surface area contributed by atoms with Gasteiger partial charge >= 0.3 is 0 Å². The Morgan fingerprint density at radius 2 is 1.90 bits per heavy atom. The highest BCUT2D eigenvalue weighted by Crippen LogP contribution is 2.41. The fraction of sp³-hybridized carbons (Fsp3) is 1.00. The SMILES string of the molecule is CCCS(=O)(=O)CCN1CC(C2CC2)NCC12CCCC2. The molecule has 1 unspecified atom stereocenters. The summed E-state index contributed by atoms with van der Waals surface area (Å²) in [5, 5.41) is 3.77. The molecule has 1 atom stereocenters. The van der Waals surface area contributed by atoms with Crippen LogP contribution in [-0.4, -0.2) is 56.0 Å². The molecule has 122 valence electrons. The molecular weight excluding hydrogens is 284 g/mol. The second-order valence-corrected chi connectivity index (χ2v) is 9.66. The lowest BCUT2D eigenvalue weighted by molar-refractivity contribution is 0.0440. The van der Waals surface area contributed by atoms with Crippen LogP contribution < -0.4 is 5.32 Å². The lowest BCUT2D eigenvalue weighted by Crippen LogP contribution is -2.64. The molecular formula is C16H30N2O2S. The summed E-state index contributed by atoms with van der Waals surface area (Å²) in [6.07, 6.45) is 8.53. The second kappa shape index (κ2) is 6.17. The average molecular weight is 314 g/mol. The number of hydrogen-bond donors (Lipinski definition) is 1. The van der Waals surface area contributed by atoms with Gasteiger partial charge in [-0.15, -0.1) is 0 Å². The molecule has 0 aromatic heterocycles. The van der Waals surface area contributed by atoms with E-state index >= 15 is 0 Å². The van der Waals surface area contributed by atoms with Gasteiger partial charge in [0.1, 0.15) is 0 Å². The average Bonchev–Trinajstić information content (AvgIpc) is 3.19. The van der Waals surface area contributed by atoms with Gasteiger partial charge in [-0.25, -0.2) is 8.42 Å².